The van der Waals surface area contributed by atoms with E-state index < -0.39 is 0 Å². The van der Waals surface area contributed by atoms with Gasteiger partial charge in [0.15, 0.2) is 0 Å². The number of likely N-dealkylation sites (tertiary alicyclic amines) is 1. The van der Waals surface area contributed by atoms with E-state index in [-0.39, 0.29) is 5.91 Å². The Kier molecular flexibility index (Phi) is 5.00. The van der Waals surface area contributed by atoms with Gasteiger partial charge in [-0.25, -0.2) is 0 Å². The van der Waals surface area contributed by atoms with Crippen LogP contribution in [0.3, 0.4) is 0 Å². The van der Waals surface area contributed by atoms with Gasteiger partial charge in [-0.3, -0.25) is 4.79 Å². The molecule has 96 valence electrons. The van der Waals surface area contributed by atoms with Crippen LogP contribution in [0.25, 0.3) is 6.08 Å². The minimum absolute atomic E-state index is 0.132. The molecule has 0 unspecified atom stereocenters. The molecule has 0 aromatic heterocycles. The van der Waals surface area contributed by atoms with Gasteiger partial charge >= 0.3 is 0 Å². The zero-order valence-electron chi connectivity index (χ0n) is 10.4. The van der Waals surface area contributed by atoms with Crippen molar-refractivity contribution in [3.63, 3.8) is 0 Å². The summed E-state index contributed by atoms with van der Waals surface area (Å²) in [4.78, 5) is 14.0. The van der Waals surface area contributed by atoms with Crippen molar-refractivity contribution in [3.8, 4) is 0 Å². The molecule has 3 heteroatoms. The van der Waals surface area contributed by atoms with Gasteiger partial charge < -0.3 is 4.90 Å². The number of benzene rings is 1. The van der Waals surface area contributed by atoms with Crippen LogP contribution in [0.5, 0.6) is 0 Å². The molecule has 1 aromatic rings. The standard InChI is InChI=1S/C15H18BrNO/c16-14-8-4-3-7-13(14)9-10-15(18)17-11-5-1-2-6-12-17/h3-4,7-10H,1-2,5-6,11-12H2. The molecule has 2 rings (SSSR count). The SMILES string of the molecule is O=C(C=Cc1ccccc1Br)N1CCCCCC1. The fourth-order valence-corrected chi connectivity index (χ4v) is 2.58. The Morgan fingerprint density at radius 3 is 2.44 bits per heavy atom. The first-order valence-electron chi connectivity index (χ1n) is 6.49. The maximum Gasteiger partial charge on any atom is 0.246 e. The highest BCUT2D eigenvalue weighted by Crippen LogP contribution is 2.17. The normalized spacial score (nSPS) is 16.8. The lowest BCUT2D eigenvalue weighted by Crippen LogP contribution is -2.30. The molecular weight excluding hydrogens is 290 g/mol. The number of nitrogens with zero attached hydrogens (tertiary/aromatic N) is 1. The molecule has 1 heterocycles. The summed E-state index contributed by atoms with van der Waals surface area (Å²) in [7, 11) is 0. The van der Waals surface area contributed by atoms with Crippen LogP contribution in [0.1, 0.15) is 31.2 Å². The van der Waals surface area contributed by atoms with Gasteiger partial charge in [0.25, 0.3) is 0 Å². The number of carbonyl (C=O) groups is 1. The topological polar surface area (TPSA) is 20.3 Å². The average Bonchev–Trinajstić information content (AvgIpc) is 2.66. The molecule has 1 aliphatic heterocycles. The molecule has 0 N–H and O–H groups in total. The number of amides is 1. The van der Waals surface area contributed by atoms with E-state index in [2.05, 4.69) is 15.9 Å². The molecule has 1 amide bonds. The Labute approximate surface area is 117 Å². The van der Waals surface area contributed by atoms with Crippen LogP contribution >= 0.6 is 15.9 Å². The molecule has 18 heavy (non-hydrogen) atoms. The number of hydrogen-bond acceptors (Lipinski definition) is 1. The minimum Gasteiger partial charge on any atom is -0.339 e. The third kappa shape index (κ3) is 3.70. The minimum atomic E-state index is 0.132. The summed E-state index contributed by atoms with van der Waals surface area (Å²) in [5.41, 5.74) is 1.04. The smallest absolute Gasteiger partial charge is 0.246 e. The summed E-state index contributed by atoms with van der Waals surface area (Å²) in [6, 6.07) is 7.92. The predicted molar refractivity (Wildman–Crippen MR) is 78.2 cm³/mol. The molecular formula is C15H18BrNO. The zero-order valence-corrected chi connectivity index (χ0v) is 12.0. The molecule has 0 bridgehead atoms. The lowest BCUT2D eigenvalue weighted by Gasteiger charge is -2.17. The highest BCUT2D eigenvalue weighted by atomic mass is 79.9. The van der Waals surface area contributed by atoms with E-state index in [1.54, 1.807) is 6.08 Å². The van der Waals surface area contributed by atoms with Gasteiger partial charge in [-0.15, -0.1) is 0 Å². The zero-order chi connectivity index (χ0) is 12.8. The molecule has 1 saturated heterocycles. The fourth-order valence-electron chi connectivity index (χ4n) is 2.17. The van der Waals surface area contributed by atoms with Crippen LogP contribution in [-0.2, 0) is 4.79 Å². The van der Waals surface area contributed by atoms with E-state index in [9.17, 15) is 4.79 Å². The number of hydrogen-bond donors (Lipinski definition) is 0. The first-order valence-corrected chi connectivity index (χ1v) is 7.28. The van der Waals surface area contributed by atoms with Crippen molar-refractivity contribution in [1.82, 2.24) is 4.90 Å². The maximum atomic E-state index is 12.1. The molecule has 1 aliphatic rings. The first kappa shape index (κ1) is 13.3. The van der Waals surface area contributed by atoms with Gasteiger partial charge in [-0.05, 0) is 30.5 Å². The molecule has 1 aromatic carbocycles. The summed E-state index contributed by atoms with van der Waals surface area (Å²) in [5.74, 6) is 0.132. The Balaban J connectivity index is 2.00. The fraction of sp³-hybridized carbons (Fsp3) is 0.400. The van der Waals surface area contributed by atoms with Crippen molar-refractivity contribution in [2.45, 2.75) is 25.7 Å². The highest BCUT2D eigenvalue weighted by Gasteiger charge is 2.12. The molecule has 0 saturated carbocycles. The van der Waals surface area contributed by atoms with E-state index >= 15 is 0 Å². The molecule has 0 spiro atoms. The largest absolute Gasteiger partial charge is 0.339 e. The monoisotopic (exact) mass is 307 g/mol. The van der Waals surface area contributed by atoms with Gasteiger partial charge in [-0.2, -0.15) is 0 Å². The molecule has 0 aliphatic carbocycles. The quantitative estimate of drug-likeness (QED) is 0.760. The van der Waals surface area contributed by atoms with E-state index in [0.29, 0.717) is 0 Å². The van der Waals surface area contributed by atoms with Crippen molar-refractivity contribution < 1.29 is 4.79 Å². The molecule has 1 fully saturated rings. The van der Waals surface area contributed by atoms with Gasteiger partial charge in [0, 0.05) is 23.6 Å². The third-order valence-electron chi connectivity index (χ3n) is 3.23. The van der Waals surface area contributed by atoms with Crippen LogP contribution in [0.15, 0.2) is 34.8 Å². The summed E-state index contributed by atoms with van der Waals surface area (Å²) < 4.78 is 1.02. The van der Waals surface area contributed by atoms with Crippen LogP contribution < -0.4 is 0 Å². The second-order valence-electron chi connectivity index (χ2n) is 4.59. The van der Waals surface area contributed by atoms with Crippen molar-refractivity contribution in [3.05, 3.63) is 40.4 Å². The second-order valence-corrected chi connectivity index (χ2v) is 5.45. The van der Waals surface area contributed by atoms with Crippen molar-refractivity contribution in [1.29, 1.82) is 0 Å². The van der Waals surface area contributed by atoms with Gasteiger partial charge in [0.1, 0.15) is 0 Å². The van der Waals surface area contributed by atoms with Crippen LogP contribution in [0, 0.1) is 0 Å². The highest BCUT2D eigenvalue weighted by molar-refractivity contribution is 9.10. The summed E-state index contributed by atoms with van der Waals surface area (Å²) in [5, 5.41) is 0. The van der Waals surface area contributed by atoms with Crippen molar-refractivity contribution in [2.24, 2.45) is 0 Å². The lowest BCUT2D eigenvalue weighted by molar-refractivity contribution is -0.125. The Hall–Kier alpha value is -1.09. The van der Waals surface area contributed by atoms with E-state index in [4.69, 9.17) is 0 Å². The second kappa shape index (κ2) is 6.74. The Morgan fingerprint density at radius 1 is 1.11 bits per heavy atom. The summed E-state index contributed by atoms with van der Waals surface area (Å²) in [6.07, 6.45) is 8.33. The van der Waals surface area contributed by atoms with Crippen molar-refractivity contribution >= 4 is 27.9 Å². The van der Waals surface area contributed by atoms with Crippen molar-refractivity contribution in [2.75, 3.05) is 13.1 Å². The third-order valence-corrected chi connectivity index (χ3v) is 3.95. The average molecular weight is 308 g/mol. The van der Waals surface area contributed by atoms with E-state index in [1.165, 1.54) is 12.8 Å². The Bertz CT molecular complexity index is 434. The van der Waals surface area contributed by atoms with Gasteiger partial charge in [0.2, 0.25) is 5.91 Å². The molecule has 0 atom stereocenters. The van der Waals surface area contributed by atoms with Crippen LogP contribution in [0.4, 0.5) is 0 Å². The van der Waals surface area contributed by atoms with Gasteiger partial charge in [-0.1, -0.05) is 47.0 Å². The van der Waals surface area contributed by atoms with Crippen LogP contribution in [-0.4, -0.2) is 23.9 Å². The summed E-state index contributed by atoms with van der Waals surface area (Å²) in [6.45, 7) is 1.80. The van der Waals surface area contributed by atoms with Crippen LogP contribution in [0.2, 0.25) is 0 Å². The summed E-state index contributed by atoms with van der Waals surface area (Å²) >= 11 is 3.48. The number of carbonyl (C=O) groups excluding carboxylic acids is 1. The molecule has 2 nitrogen and oxygen atoms in total. The maximum absolute atomic E-state index is 12.1. The lowest BCUT2D eigenvalue weighted by atomic mass is 10.2. The predicted octanol–water partition coefficient (Wildman–Crippen LogP) is 3.86. The Morgan fingerprint density at radius 2 is 1.78 bits per heavy atom. The van der Waals surface area contributed by atoms with Gasteiger partial charge in [0.05, 0.1) is 0 Å². The number of halogens is 1. The molecule has 0 radical (unpaired) electrons. The number of rotatable bonds is 2. The van der Waals surface area contributed by atoms with E-state index in [1.807, 2.05) is 35.2 Å². The van der Waals surface area contributed by atoms with E-state index in [0.717, 1.165) is 36.0 Å². The first-order chi connectivity index (χ1) is 8.77.